The van der Waals surface area contributed by atoms with Crippen molar-refractivity contribution < 1.29 is 4.79 Å². The molecule has 4 nitrogen and oxygen atoms in total. The highest BCUT2D eigenvalue weighted by Gasteiger charge is 2.17. The number of nitrogens with one attached hydrogen (secondary N) is 1. The smallest absolute Gasteiger partial charge is 0.268 e. The molecule has 1 rings (SSSR count). The van der Waals surface area contributed by atoms with Gasteiger partial charge in [-0.05, 0) is 25.0 Å². The van der Waals surface area contributed by atoms with Crippen molar-refractivity contribution in [2.45, 2.75) is 33.4 Å². The first kappa shape index (κ1) is 12.8. The predicted molar refractivity (Wildman–Crippen MR) is 65.3 cm³/mol. The SMILES string of the molecule is CCn1cccc1C(=O)NC(CN)C(C)C. The second-order valence-electron chi connectivity index (χ2n) is 4.24. The van der Waals surface area contributed by atoms with Gasteiger partial charge in [0.05, 0.1) is 0 Å². The second-order valence-corrected chi connectivity index (χ2v) is 4.24. The lowest BCUT2D eigenvalue weighted by Gasteiger charge is -2.20. The summed E-state index contributed by atoms with van der Waals surface area (Å²) in [5, 5.41) is 2.96. The van der Waals surface area contributed by atoms with Gasteiger partial charge in [-0.15, -0.1) is 0 Å². The lowest BCUT2D eigenvalue weighted by atomic mass is 10.0. The molecule has 90 valence electrons. The summed E-state index contributed by atoms with van der Waals surface area (Å²) >= 11 is 0. The number of hydrogen-bond donors (Lipinski definition) is 2. The fourth-order valence-corrected chi connectivity index (χ4v) is 1.64. The van der Waals surface area contributed by atoms with E-state index < -0.39 is 0 Å². The third-order valence-corrected chi connectivity index (χ3v) is 2.78. The van der Waals surface area contributed by atoms with Gasteiger partial charge in [-0.2, -0.15) is 0 Å². The highest BCUT2D eigenvalue weighted by molar-refractivity contribution is 5.92. The average molecular weight is 223 g/mol. The summed E-state index contributed by atoms with van der Waals surface area (Å²) in [4.78, 5) is 12.0. The molecule has 0 saturated heterocycles. The van der Waals surface area contributed by atoms with Crippen LogP contribution in [-0.2, 0) is 6.54 Å². The normalized spacial score (nSPS) is 12.8. The Morgan fingerprint density at radius 1 is 1.56 bits per heavy atom. The Labute approximate surface area is 96.8 Å². The quantitative estimate of drug-likeness (QED) is 0.788. The van der Waals surface area contributed by atoms with Gasteiger partial charge < -0.3 is 15.6 Å². The molecule has 0 bridgehead atoms. The van der Waals surface area contributed by atoms with Gasteiger partial charge in [0.2, 0.25) is 0 Å². The van der Waals surface area contributed by atoms with Crippen LogP contribution in [-0.4, -0.2) is 23.1 Å². The van der Waals surface area contributed by atoms with Crippen LogP contribution >= 0.6 is 0 Å². The van der Waals surface area contributed by atoms with Crippen LogP contribution in [0.2, 0.25) is 0 Å². The molecular formula is C12H21N3O. The molecule has 0 radical (unpaired) electrons. The highest BCUT2D eigenvalue weighted by Crippen LogP contribution is 2.05. The minimum atomic E-state index is -0.0454. The standard InChI is InChI=1S/C12H21N3O/c1-4-15-7-5-6-11(15)12(16)14-10(8-13)9(2)3/h5-7,9-10H,4,8,13H2,1-3H3,(H,14,16). The number of nitrogens with two attached hydrogens (primary N) is 1. The van der Waals surface area contributed by atoms with Gasteiger partial charge in [0.15, 0.2) is 0 Å². The van der Waals surface area contributed by atoms with E-state index in [0.717, 1.165) is 6.54 Å². The Bertz CT molecular complexity index is 344. The largest absolute Gasteiger partial charge is 0.347 e. The van der Waals surface area contributed by atoms with Crippen molar-refractivity contribution in [2.75, 3.05) is 6.54 Å². The minimum absolute atomic E-state index is 0.0349. The third-order valence-electron chi connectivity index (χ3n) is 2.78. The molecule has 0 spiro atoms. The van der Waals surface area contributed by atoms with Crippen molar-refractivity contribution in [1.82, 2.24) is 9.88 Å². The summed E-state index contributed by atoms with van der Waals surface area (Å²) in [6.07, 6.45) is 1.90. The van der Waals surface area contributed by atoms with Crippen LogP contribution in [0.3, 0.4) is 0 Å². The van der Waals surface area contributed by atoms with E-state index in [9.17, 15) is 4.79 Å². The van der Waals surface area contributed by atoms with Gasteiger partial charge in [-0.1, -0.05) is 13.8 Å². The molecule has 0 saturated carbocycles. The van der Waals surface area contributed by atoms with Crippen LogP contribution in [0.4, 0.5) is 0 Å². The number of aromatic nitrogens is 1. The van der Waals surface area contributed by atoms with Gasteiger partial charge >= 0.3 is 0 Å². The highest BCUT2D eigenvalue weighted by atomic mass is 16.2. The summed E-state index contributed by atoms with van der Waals surface area (Å²) in [6, 6.07) is 3.74. The lowest BCUT2D eigenvalue weighted by molar-refractivity contribution is 0.0918. The number of carbonyl (C=O) groups excluding carboxylic acids is 1. The van der Waals surface area contributed by atoms with Gasteiger partial charge in [0, 0.05) is 25.3 Å². The first-order valence-corrected chi connectivity index (χ1v) is 5.76. The van der Waals surface area contributed by atoms with E-state index in [0.29, 0.717) is 18.2 Å². The van der Waals surface area contributed by atoms with E-state index in [1.807, 2.05) is 29.8 Å². The Morgan fingerprint density at radius 2 is 2.25 bits per heavy atom. The number of aryl methyl sites for hydroxylation is 1. The monoisotopic (exact) mass is 223 g/mol. The fraction of sp³-hybridized carbons (Fsp3) is 0.583. The van der Waals surface area contributed by atoms with Crippen molar-refractivity contribution in [1.29, 1.82) is 0 Å². The van der Waals surface area contributed by atoms with Crippen molar-refractivity contribution in [2.24, 2.45) is 11.7 Å². The predicted octanol–water partition coefficient (Wildman–Crippen LogP) is 1.22. The fourth-order valence-electron chi connectivity index (χ4n) is 1.64. The molecule has 1 aromatic rings. The molecule has 16 heavy (non-hydrogen) atoms. The molecule has 1 aromatic heterocycles. The van der Waals surface area contributed by atoms with Crippen molar-refractivity contribution >= 4 is 5.91 Å². The zero-order valence-electron chi connectivity index (χ0n) is 10.2. The summed E-state index contributed by atoms with van der Waals surface area (Å²) < 4.78 is 1.92. The van der Waals surface area contributed by atoms with Crippen molar-refractivity contribution in [3.63, 3.8) is 0 Å². The maximum atomic E-state index is 12.0. The minimum Gasteiger partial charge on any atom is -0.347 e. The van der Waals surface area contributed by atoms with E-state index >= 15 is 0 Å². The summed E-state index contributed by atoms with van der Waals surface area (Å²) in [6.45, 7) is 7.38. The molecule has 1 unspecified atom stereocenters. The van der Waals surface area contributed by atoms with Crippen LogP contribution in [0, 0.1) is 5.92 Å². The zero-order chi connectivity index (χ0) is 12.1. The molecule has 0 aliphatic rings. The zero-order valence-corrected chi connectivity index (χ0v) is 10.2. The molecule has 0 aliphatic carbocycles. The van der Waals surface area contributed by atoms with Gasteiger partial charge in [0.1, 0.15) is 5.69 Å². The molecule has 1 heterocycles. The first-order chi connectivity index (χ1) is 7.60. The molecule has 4 heteroatoms. The molecule has 1 atom stereocenters. The Kier molecular flexibility index (Phi) is 4.55. The Morgan fingerprint density at radius 3 is 2.75 bits per heavy atom. The Balaban J connectivity index is 2.71. The van der Waals surface area contributed by atoms with Crippen LogP contribution in [0.1, 0.15) is 31.3 Å². The van der Waals surface area contributed by atoms with Gasteiger partial charge in [-0.25, -0.2) is 0 Å². The number of amides is 1. The number of hydrogen-bond acceptors (Lipinski definition) is 2. The molecule has 0 aliphatic heterocycles. The number of nitrogens with zero attached hydrogens (tertiary/aromatic N) is 1. The molecule has 1 amide bonds. The van der Waals surface area contributed by atoms with Crippen molar-refractivity contribution in [3.8, 4) is 0 Å². The van der Waals surface area contributed by atoms with Gasteiger partial charge in [-0.3, -0.25) is 4.79 Å². The van der Waals surface area contributed by atoms with E-state index in [4.69, 9.17) is 5.73 Å². The third kappa shape index (κ3) is 2.85. The average Bonchev–Trinajstić information content (AvgIpc) is 2.72. The number of rotatable bonds is 5. The summed E-state index contributed by atoms with van der Waals surface area (Å²) in [5.41, 5.74) is 6.32. The summed E-state index contributed by atoms with van der Waals surface area (Å²) in [5.74, 6) is 0.301. The maximum Gasteiger partial charge on any atom is 0.268 e. The topological polar surface area (TPSA) is 60.0 Å². The van der Waals surface area contributed by atoms with Gasteiger partial charge in [0.25, 0.3) is 5.91 Å². The maximum absolute atomic E-state index is 12.0. The Hall–Kier alpha value is -1.29. The molecule has 0 aromatic carbocycles. The van der Waals surface area contributed by atoms with Crippen LogP contribution in [0.5, 0.6) is 0 Å². The molecular weight excluding hydrogens is 202 g/mol. The molecule has 0 fully saturated rings. The number of carbonyl (C=O) groups is 1. The first-order valence-electron chi connectivity index (χ1n) is 5.76. The van der Waals surface area contributed by atoms with Crippen LogP contribution in [0.25, 0.3) is 0 Å². The summed E-state index contributed by atoms with van der Waals surface area (Å²) in [7, 11) is 0. The molecule has 3 N–H and O–H groups in total. The van der Waals surface area contributed by atoms with Crippen LogP contribution in [0.15, 0.2) is 18.3 Å². The lowest BCUT2D eigenvalue weighted by Crippen LogP contribution is -2.44. The second kappa shape index (κ2) is 5.70. The van der Waals surface area contributed by atoms with E-state index in [1.54, 1.807) is 0 Å². The van der Waals surface area contributed by atoms with Crippen LogP contribution < -0.4 is 11.1 Å². The van der Waals surface area contributed by atoms with E-state index in [2.05, 4.69) is 19.2 Å². The van der Waals surface area contributed by atoms with E-state index in [-0.39, 0.29) is 11.9 Å². The van der Waals surface area contributed by atoms with Crippen molar-refractivity contribution in [3.05, 3.63) is 24.0 Å². The van der Waals surface area contributed by atoms with E-state index in [1.165, 1.54) is 0 Å².